The number of alkyl halides is 3. The van der Waals surface area contributed by atoms with E-state index in [4.69, 9.17) is 0 Å². The molecule has 0 spiro atoms. The third-order valence-electron chi connectivity index (χ3n) is 4.16. The highest BCUT2D eigenvalue weighted by molar-refractivity contribution is 5.80. The molecule has 1 N–H and O–H groups in total. The average molecular weight is 323 g/mol. The first-order valence-corrected chi connectivity index (χ1v) is 7.74. The van der Waals surface area contributed by atoms with E-state index in [1.165, 1.54) is 11.8 Å². The molecule has 130 valence electrons. The van der Waals surface area contributed by atoms with Gasteiger partial charge in [-0.15, -0.1) is 0 Å². The molecular formula is C14H28F3N5. The van der Waals surface area contributed by atoms with Gasteiger partial charge in [0.15, 0.2) is 5.96 Å². The summed E-state index contributed by atoms with van der Waals surface area (Å²) in [6, 6.07) is -1.39. The van der Waals surface area contributed by atoms with Crippen molar-refractivity contribution in [1.82, 2.24) is 20.0 Å². The number of guanidine groups is 1. The van der Waals surface area contributed by atoms with Gasteiger partial charge in [-0.2, -0.15) is 13.2 Å². The first-order chi connectivity index (χ1) is 10.3. The number of nitrogens with zero attached hydrogens (tertiary/aromatic N) is 4. The molecule has 1 aliphatic heterocycles. The number of likely N-dealkylation sites (N-methyl/N-ethyl adjacent to an activating group) is 1. The van der Waals surface area contributed by atoms with Crippen molar-refractivity contribution in [2.24, 2.45) is 4.99 Å². The second-order valence-corrected chi connectivity index (χ2v) is 5.61. The van der Waals surface area contributed by atoms with E-state index in [2.05, 4.69) is 22.1 Å². The Morgan fingerprint density at radius 3 is 2.32 bits per heavy atom. The Kier molecular flexibility index (Phi) is 7.41. The molecule has 8 heteroatoms. The van der Waals surface area contributed by atoms with Gasteiger partial charge in [-0.05, 0) is 20.5 Å². The third kappa shape index (κ3) is 5.64. The summed E-state index contributed by atoms with van der Waals surface area (Å²) in [5.74, 6) is 0.767. The van der Waals surface area contributed by atoms with Crippen LogP contribution in [-0.2, 0) is 0 Å². The van der Waals surface area contributed by atoms with Crippen molar-refractivity contribution >= 4 is 5.96 Å². The predicted octanol–water partition coefficient (Wildman–Crippen LogP) is 1.08. The van der Waals surface area contributed by atoms with Gasteiger partial charge in [-0.25, -0.2) is 0 Å². The standard InChI is InChI=1S/C14H28F3N5/c1-5-20(4)7-6-19-13(18-3)22-10-8-21(9-11-22)12(2)14(15,16)17/h12H,5-11H2,1-4H3,(H,18,19). The topological polar surface area (TPSA) is 34.1 Å². The minimum atomic E-state index is -4.16. The Labute approximate surface area is 131 Å². The van der Waals surface area contributed by atoms with Crippen molar-refractivity contribution in [2.45, 2.75) is 26.1 Å². The predicted molar refractivity (Wildman–Crippen MR) is 83.2 cm³/mol. The molecule has 0 bridgehead atoms. The maximum absolute atomic E-state index is 12.7. The van der Waals surface area contributed by atoms with Gasteiger partial charge in [0, 0.05) is 46.3 Å². The van der Waals surface area contributed by atoms with Crippen LogP contribution in [0.2, 0.25) is 0 Å². The second-order valence-electron chi connectivity index (χ2n) is 5.61. The summed E-state index contributed by atoms with van der Waals surface area (Å²) in [7, 11) is 3.75. The fourth-order valence-corrected chi connectivity index (χ4v) is 2.38. The van der Waals surface area contributed by atoms with E-state index >= 15 is 0 Å². The van der Waals surface area contributed by atoms with Gasteiger partial charge in [0.2, 0.25) is 0 Å². The minimum Gasteiger partial charge on any atom is -0.355 e. The summed E-state index contributed by atoms with van der Waals surface area (Å²) in [6.45, 7) is 7.89. The van der Waals surface area contributed by atoms with Crippen LogP contribution in [0.3, 0.4) is 0 Å². The van der Waals surface area contributed by atoms with E-state index in [9.17, 15) is 13.2 Å². The molecule has 22 heavy (non-hydrogen) atoms. The van der Waals surface area contributed by atoms with Gasteiger partial charge in [0.25, 0.3) is 0 Å². The molecule has 1 aliphatic rings. The van der Waals surface area contributed by atoms with Crippen molar-refractivity contribution in [1.29, 1.82) is 0 Å². The molecule has 0 aromatic heterocycles. The first kappa shape index (κ1) is 19.0. The van der Waals surface area contributed by atoms with Crippen molar-refractivity contribution in [3.05, 3.63) is 0 Å². The van der Waals surface area contributed by atoms with Crippen LogP contribution in [0.5, 0.6) is 0 Å². The van der Waals surface area contributed by atoms with Crippen LogP contribution >= 0.6 is 0 Å². The molecule has 1 saturated heterocycles. The molecule has 5 nitrogen and oxygen atoms in total. The van der Waals surface area contributed by atoms with Crippen LogP contribution in [0.1, 0.15) is 13.8 Å². The maximum Gasteiger partial charge on any atom is 0.403 e. The molecule has 1 heterocycles. The van der Waals surface area contributed by atoms with Crippen LogP contribution in [-0.4, -0.2) is 92.8 Å². The summed E-state index contributed by atoms with van der Waals surface area (Å²) in [5, 5.41) is 3.27. The number of nitrogens with one attached hydrogen (secondary N) is 1. The van der Waals surface area contributed by atoms with Crippen molar-refractivity contribution in [3.63, 3.8) is 0 Å². The lowest BCUT2D eigenvalue weighted by molar-refractivity contribution is -0.181. The highest BCUT2D eigenvalue weighted by Crippen LogP contribution is 2.25. The van der Waals surface area contributed by atoms with Crippen LogP contribution in [0.25, 0.3) is 0 Å². The summed E-state index contributed by atoms with van der Waals surface area (Å²) >= 11 is 0. The largest absolute Gasteiger partial charge is 0.403 e. The SMILES string of the molecule is CCN(C)CCNC(=NC)N1CCN(C(C)C(F)(F)F)CC1. The van der Waals surface area contributed by atoms with Crippen molar-refractivity contribution < 1.29 is 13.2 Å². The lowest BCUT2D eigenvalue weighted by atomic mass is 10.2. The van der Waals surface area contributed by atoms with Crippen LogP contribution in [0.4, 0.5) is 13.2 Å². The zero-order chi connectivity index (χ0) is 16.8. The Morgan fingerprint density at radius 2 is 1.86 bits per heavy atom. The summed E-state index contributed by atoms with van der Waals surface area (Å²) in [4.78, 5) is 9.91. The second kappa shape index (κ2) is 8.57. The van der Waals surface area contributed by atoms with Crippen molar-refractivity contribution in [2.75, 3.05) is 59.9 Å². The van der Waals surface area contributed by atoms with Gasteiger partial charge in [0.1, 0.15) is 6.04 Å². The Bertz CT molecular complexity index is 351. The summed E-state index contributed by atoms with van der Waals surface area (Å²) in [6.07, 6.45) is -4.16. The molecule has 1 unspecified atom stereocenters. The molecule has 0 saturated carbocycles. The first-order valence-electron chi connectivity index (χ1n) is 7.74. The van der Waals surface area contributed by atoms with E-state index in [-0.39, 0.29) is 0 Å². The van der Waals surface area contributed by atoms with E-state index in [0.717, 1.165) is 25.6 Å². The number of rotatable bonds is 5. The molecule has 0 radical (unpaired) electrons. The third-order valence-corrected chi connectivity index (χ3v) is 4.16. The normalized spacial score (nSPS) is 19.6. The number of halogens is 3. The lowest BCUT2D eigenvalue weighted by Crippen LogP contribution is -2.57. The van der Waals surface area contributed by atoms with Crippen LogP contribution < -0.4 is 5.32 Å². The summed E-state index contributed by atoms with van der Waals surface area (Å²) < 4.78 is 38.2. The molecular weight excluding hydrogens is 295 g/mol. The maximum atomic E-state index is 12.7. The Morgan fingerprint density at radius 1 is 1.27 bits per heavy atom. The number of hydrogen-bond donors (Lipinski definition) is 1. The van der Waals surface area contributed by atoms with Gasteiger partial charge in [0.05, 0.1) is 0 Å². The van der Waals surface area contributed by atoms with Crippen LogP contribution in [0, 0.1) is 0 Å². The minimum absolute atomic E-state index is 0.399. The van der Waals surface area contributed by atoms with Gasteiger partial charge >= 0.3 is 6.18 Å². The Balaban J connectivity index is 2.42. The number of aliphatic imine (C=N–C) groups is 1. The number of hydrogen-bond acceptors (Lipinski definition) is 3. The zero-order valence-electron chi connectivity index (χ0n) is 13.9. The molecule has 0 amide bonds. The zero-order valence-corrected chi connectivity index (χ0v) is 13.9. The molecule has 0 aromatic rings. The fraction of sp³-hybridized carbons (Fsp3) is 0.929. The highest BCUT2D eigenvalue weighted by Gasteiger charge is 2.40. The molecule has 1 atom stereocenters. The molecule has 1 rings (SSSR count). The smallest absolute Gasteiger partial charge is 0.355 e. The van der Waals surface area contributed by atoms with E-state index in [0.29, 0.717) is 26.2 Å². The van der Waals surface area contributed by atoms with E-state index < -0.39 is 12.2 Å². The van der Waals surface area contributed by atoms with E-state index in [1.807, 2.05) is 11.9 Å². The van der Waals surface area contributed by atoms with Gasteiger partial charge < -0.3 is 15.1 Å². The Hall–Kier alpha value is -1.02. The average Bonchev–Trinajstić information content (AvgIpc) is 2.50. The van der Waals surface area contributed by atoms with Crippen molar-refractivity contribution in [3.8, 4) is 0 Å². The highest BCUT2D eigenvalue weighted by atomic mass is 19.4. The quantitative estimate of drug-likeness (QED) is 0.606. The number of piperazine rings is 1. The van der Waals surface area contributed by atoms with Gasteiger partial charge in [-0.1, -0.05) is 6.92 Å². The molecule has 1 fully saturated rings. The van der Waals surface area contributed by atoms with Crippen LogP contribution in [0.15, 0.2) is 4.99 Å². The van der Waals surface area contributed by atoms with Gasteiger partial charge in [-0.3, -0.25) is 9.89 Å². The molecule has 0 aliphatic carbocycles. The lowest BCUT2D eigenvalue weighted by Gasteiger charge is -2.39. The molecule has 0 aromatic carbocycles. The summed E-state index contributed by atoms with van der Waals surface area (Å²) in [5.41, 5.74) is 0. The van der Waals surface area contributed by atoms with E-state index in [1.54, 1.807) is 7.05 Å². The fourth-order valence-electron chi connectivity index (χ4n) is 2.38. The monoisotopic (exact) mass is 323 g/mol.